The number of rotatable bonds is 10. The summed E-state index contributed by atoms with van der Waals surface area (Å²) in [4.78, 5) is 35.1. The van der Waals surface area contributed by atoms with Crippen LogP contribution in [0, 0.1) is 5.92 Å². The predicted octanol–water partition coefficient (Wildman–Crippen LogP) is 5.32. The minimum atomic E-state index is -0.978. The Labute approximate surface area is 222 Å². The molecule has 3 aromatic rings. The Bertz CT molecular complexity index is 1300. The summed E-state index contributed by atoms with van der Waals surface area (Å²) < 4.78 is 17.3. The zero-order valence-electron chi connectivity index (χ0n) is 21.8. The summed E-state index contributed by atoms with van der Waals surface area (Å²) >= 11 is 0. The third-order valence-electron chi connectivity index (χ3n) is 6.82. The first-order valence-electron chi connectivity index (χ1n) is 13.0. The van der Waals surface area contributed by atoms with Gasteiger partial charge >= 0.3 is 0 Å². The lowest BCUT2D eigenvalue weighted by molar-refractivity contribution is -0.126. The molecule has 2 saturated heterocycles. The van der Waals surface area contributed by atoms with E-state index in [-0.39, 0.29) is 5.91 Å². The van der Waals surface area contributed by atoms with Crippen LogP contribution in [0.5, 0.6) is 17.2 Å². The zero-order valence-corrected chi connectivity index (χ0v) is 21.8. The SMILES string of the molecule is CCCCOc1ccc([C@@H]2[C@H]3C(=O)N(c4ccccc4OC)C(=O)[C@H]3ON2c2ccccc2)cc1OCC. The number of amides is 2. The molecule has 2 amide bonds. The van der Waals surface area contributed by atoms with E-state index in [1.807, 2.05) is 55.5 Å². The fraction of sp³-hybridized carbons (Fsp3) is 0.333. The van der Waals surface area contributed by atoms with Crippen molar-refractivity contribution in [2.24, 2.45) is 5.92 Å². The third kappa shape index (κ3) is 4.56. The highest BCUT2D eigenvalue weighted by Gasteiger charge is 2.60. The minimum Gasteiger partial charge on any atom is -0.495 e. The molecule has 0 unspecified atom stereocenters. The smallest absolute Gasteiger partial charge is 0.266 e. The second-order valence-corrected chi connectivity index (χ2v) is 9.18. The molecule has 8 nitrogen and oxygen atoms in total. The van der Waals surface area contributed by atoms with Crippen LogP contribution in [0.3, 0.4) is 0 Å². The van der Waals surface area contributed by atoms with E-state index in [1.165, 1.54) is 12.0 Å². The van der Waals surface area contributed by atoms with Crippen LogP contribution < -0.4 is 24.2 Å². The van der Waals surface area contributed by atoms with Crippen LogP contribution in [0.15, 0.2) is 72.8 Å². The molecule has 0 N–H and O–H groups in total. The van der Waals surface area contributed by atoms with Gasteiger partial charge in [-0.3, -0.25) is 14.4 Å². The number of hydrogen-bond acceptors (Lipinski definition) is 7. The summed E-state index contributed by atoms with van der Waals surface area (Å²) in [6, 6.07) is 21.6. The van der Waals surface area contributed by atoms with Crippen LogP contribution in [0.2, 0.25) is 0 Å². The van der Waals surface area contributed by atoms with E-state index < -0.39 is 24.0 Å². The highest BCUT2D eigenvalue weighted by molar-refractivity contribution is 6.24. The van der Waals surface area contributed by atoms with Crippen LogP contribution in [-0.2, 0) is 14.4 Å². The van der Waals surface area contributed by atoms with E-state index >= 15 is 0 Å². The van der Waals surface area contributed by atoms with Gasteiger partial charge in [0.1, 0.15) is 11.7 Å². The fourth-order valence-electron chi connectivity index (χ4n) is 5.03. The minimum absolute atomic E-state index is 0.339. The maximum Gasteiger partial charge on any atom is 0.266 e. The monoisotopic (exact) mass is 516 g/mol. The predicted molar refractivity (Wildman–Crippen MR) is 144 cm³/mol. The van der Waals surface area contributed by atoms with Crippen molar-refractivity contribution in [1.82, 2.24) is 0 Å². The van der Waals surface area contributed by atoms with Crippen LogP contribution in [0.4, 0.5) is 11.4 Å². The molecule has 198 valence electrons. The standard InChI is InChI=1S/C30H32N2O6/c1-4-6-18-37-24-17-16-20(19-25(24)36-5-2)27-26-28(38-32(27)21-12-8-7-9-13-21)30(34)31(29(26)33)22-14-10-11-15-23(22)35-3/h7-17,19,26-28H,4-6,18H2,1-3H3/t26-,27-,28+/m1/s1. The number of methoxy groups -OCH3 is 1. The molecule has 0 aliphatic carbocycles. The maximum atomic E-state index is 14.0. The summed E-state index contributed by atoms with van der Waals surface area (Å²) in [5.74, 6) is 0.157. The van der Waals surface area contributed by atoms with Gasteiger partial charge in [-0.1, -0.05) is 49.7 Å². The third-order valence-corrected chi connectivity index (χ3v) is 6.82. The van der Waals surface area contributed by atoms with Crippen molar-refractivity contribution < 1.29 is 28.6 Å². The Kier molecular flexibility index (Phi) is 7.51. The normalized spacial score (nSPS) is 20.6. The summed E-state index contributed by atoms with van der Waals surface area (Å²) in [5, 5.41) is 1.67. The molecule has 3 aromatic carbocycles. The second kappa shape index (κ2) is 11.1. The van der Waals surface area contributed by atoms with Gasteiger partial charge in [0.05, 0.1) is 37.7 Å². The van der Waals surface area contributed by atoms with E-state index in [9.17, 15) is 9.59 Å². The Morgan fingerprint density at radius 2 is 1.61 bits per heavy atom. The molecule has 3 atom stereocenters. The fourth-order valence-corrected chi connectivity index (χ4v) is 5.03. The Morgan fingerprint density at radius 3 is 2.34 bits per heavy atom. The molecule has 2 aliphatic heterocycles. The first-order valence-corrected chi connectivity index (χ1v) is 13.0. The first kappa shape index (κ1) is 25.6. The van der Waals surface area contributed by atoms with Crippen molar-refractivity contribution in [2.45, 2.75) is 38.8 Å². The molecule has 0 aromatic heterocycles. The van der Waals surface area contributed by atoms with Gasteiger partial charge < -0.3 is 14.2 Å². The number of hydroxylamine groups is 1. The number of anilines is 2. The second-order valence-electron chi connectivity index (χ2n) is 9.18. The van der Waals surface area contributed by atoms with Crippen molar-refractivity contribution in [3.63, 3.8) is 0 Å². The molecule has 0 saturated carbocycles. The number of hydrogen-bond donors (Lipinski definition) is 0. The molecule has 8 heteroatoms. The average molecular weight is 517 g/mol. The highest BCUT2D eigenvalue weighted by Crippen LogP contribution is 2.49. The average Bonchev–Trinajstić information content (AvgIpc) is 3.45. The quantitative estimate of drug-likeness (QED) is 0.266. The number of para-hydroxylation sites is 3. The van der Waals surface area contributed by atoms with Gasteiger partial charge in [-0.15, -0.1) is 0 Å². The number of benzene rings is 3. The molecule has 2 fully saturated rings. The van der Waals surface area contributed by atoms with Crippen molar-refractivity contribution >= 4 is 23.2 Å². The van der Waals surface area contributed by atoms with Crippen molar-refractivity contribution in [3.8, 4) is 17.2 Å². The van der Waals surface area contributed by atoms with E-state index in [1.54, 1.807) is 29.3 Å². The van der Waals surface area contributed by atoms with Crippen molar-refractivity contribution in [1.29, 1.82) is 0 Å². The molecule has 2 aliphatic rings. The van der Waals surface area contributed by atoms with Crippen molar-refractivity contribution in [3.05, 3.63) is 78.4 Å². The number of ether oxygens (including phenoxy) is 3. The molecule has 2 heterocycles. The first-order chi connectivity index (χ1) is 18.6. The van der Waals surface area contributed by atoms with Gasteiger partial charge in [0, 0.05) is 0 Å². The van der Waals surface area contributed by atoms with E-state index in [4.69, 9.17) is 19.0 Å². The van der Waals surface area contributed by atoms with Gasteiger partial charge in [-0.2, -0.15) is 0 Å². The van der Waals surface area contributed by atoms with E-state index in [0.29, 0.717) is 36.1 Å². The topological polar surface area (TPSA) is 77.5 Å². The summed E-state index contributed by atoms with van der Waals surface area (Å²) in [6.07, 6.45) is 0.980. The number of fused-ring (bicyclic) bond motifs is 1. The van der Waals surface area contributed by atoms with E-state index in [0.717, 1.165) is 24.1 Å². The number of carbonyl (C=O) groups is 2. The summed E-state index contributed by atoms with van der Waals surface area (Å²) in [5.41, 5.74) is 1.94. The molecule has 38 heavy (non-hydrogen) atoms. The van der Waals surface area contributed by atoms with Gasteiger partial charge in [-0.05, 0) is 55.3 Å². The number of nitrogens with zero attached hydrogens (tertiary/aromatic N) is 2. The van der Waals surface area contributed by atoms with Gasteiger partial charge in [0.2, 0.25) is 5.91 Å². The van der Waals surface area contributed by atoms with Crippen LogP contribution in [0.25, 0.3) is 0 Å². The van der Waals surface area contributed by atoms with E-state index in [2.05, 4.69) is 6.92 Å². The van der Waals surface area contributed by atoms with Crippen LogP contribution in [-0.4, -0.2) is 38.2 Å². The molecular weight excluding hydrogens is 484 g/mol. The number of imide groups is 1. The molecule has 5 rings (SSSR count). The van der Waals surface area contributed by atoms with Crippen LogP contribution in [0.1, 0.15) is 38.3 Å². The van der Waals surface area contributed by atoms with Gasteiger partial charge in [0.15, 0.2) is 17.6 Å². The summed E-state index contributed by atoms with van der Waals surface area (Å²) in [6.45, 7) is 5.07. The molecule has 0 bridgehead atoms. The number of carbonyl (C=O) groups excluding carboxylic acids is 2. The Balaban J connectivity index is 1.56. The largest absolute Gasteiger partial charge is 0.495 e. The lowest BCUT2D eigenvalue weighted by atomic mass is 9.90. The lowest BCUT2D eigenvalue weighted by Gasteiger charge is -2.29. The summed E-state index contributed by atoms with van der Waals surface area (Å²) in [7, 11) is 1.51. The van der Waals surface area contributed by atoms with Gasteiger partial charge in [0.25, 0.3) is 5.91 Å². The highest BCUT2D eigenvalue weighted by atomic mass is 16.7. The number of unbranched alkanes of at least 4 members (excludes halogenated alkanes) is 1. The van der Waals surface area contributed by atoms with Gasteiger partial charge in [-0.25, -0.2) is 9.96 Å². The molecular formula is C30H32N2O6. The Hall–Kier alpha value is -4.04. The van der Waals surface area contributed by atoms with Crippen LogP contribution >= 0.6 is 0 Å². The zero-order chi connectivity index (χ0) is 26.6. The van der Waals surface area contributed by atoms with Crippen molar-refractivity contribution in [2.75, 3.05) is 30.3 Å². The molecule has 0 radical (unpaired) electrons. The Morgan fingerprint density at radius 1 is 0.842 bits per heavy atom. The lowest BCUT2D eigenvalue weighted by Crippen LogP contribution is -2.37. The maximum absolute atomic E-state index is 14.0. The molecule has 0 spiro atoms.